The predicted octanol–water partition coefficient (Wildman–Crippen LogP) is 4.99. The van der Waals surface area contributed by atoms with Gasteiger partial charge in [0.25, 0.3) is 5.91 Å². The molecule has 0 saturated carbocycles. The molecular formula is C27H30N2O5. The molecule has 178 valence electrons. The molecule has 2 aromatic rings. The van der Waals surface area contributed by atoms with Crippen molar-refractivity contribution in [3.8, 4) is 11.5 Å². The van der Waals surface area contributed by atoms with Crippen LogP contribution in [0.3, 0.4) is 0 Å². The standard InChI is InChI=1S/C27H30N2O5/c1-4-32-23-16-13-19(17-24(23)33-5-2)25-21-9-7-8-10-22(21)26(30)29(28-25)20-14-11-18(12-15-20)27(31)34-6-3/h7-8,11-17,21-22H,4-6,9-10H2,1-3H3. The van der Waals surface area contributed by atoms with E-state index in [9.17, 15) is 9.59 Å². The van der Waals surface area contributed by atoms with E-state index in [0.717, 1.165) is 17.7 Å². The highest BCUT2D eigenvalue weighted by Gasteiger charge is 2.40. The molecule has 7 nitrogen and oxygen atoms in total. The van der Waals surface area contributed by atoms with E-state index < -0.39 is 5.97 Å². The predicted molar refractivity (Wildman–Crippen MR) is 131 cm³/mol. The molecule has 4 rings (SSSR count). The monoisotopic (exact) mass is 462 g/mol. The summed E-state index contributed by atoms with van der Waals surface area (Å²) in [6, 6.07) is 12.6. The van der Waals surface area contributed by atoms with Gasteiger partial charge in [-0.05, 0) is 76.1 Å². The highest BCUT2D eigenvalue weighted by molar-refractivity contribution is 6.11. The maximum Gasteiger partial charge on any atom is 0.338 e. The first-order valence-corrected chi connectivity index (χ1v) is 11.8. The molecule has 0 radical (unpaired) electrons. The average molecular weight is 463 g/mol. The Hall–Kier alpha value is -3.61. The minimum atomic E-state index is -0.390. The lowest BCUT2D eigenvalue weighted by atomic mass is 9.76. The third-order valence-electron chi connectivity index (χ3n) is 5.98. The molecule has 0 spiro atoms. The topological polar surface area (TPSA) is 77.4 Å². The Balaban J connectivity index is 1.74. The minimum absolute atomic E-state index is 0.0139. The van der Waals surface area contributed by atoms with E-state index in [1.54, 1.807) is 31.2 Å². The molecule has 1 amide bonds. The number of hydrogen-bond donors (Lipinski definition) is 0. The third-order valence-corrected chi connectivity index (χ3v) is 5.98. The van der Waals surface area contributed by atoms with Crippen LogP contribution in [0, 0.1) is 11.8 Å². The van der Waals surface area contributed by atoms with Gasteiger partial charge in [0.2, 0.25) is 0 Å². The van der Waals surface area contributed by atoms with Crippen LogP contribution in [0.1, 0.15) is 49.5 Å². The van der Waals surface area contributed by atoms with E-state index in [1.807, 2.05) is 32.0 Å². The van der Waals surface area contributed by atoms with Gasteiger partial charge < -0.3 is 14.2 Å². The first kappa shape index (κ1) is 23.5. The van der Waals surface area contributed by atoms with Crippen molar-refractivity contribution in [2.75, 3.05) is 24.8 Å². The molecule has 1 aliphatic heterocycles. The van der Waals surface area contributed by atoms with Crippen molar-refractivity contribution in [3.63, 3.8) is 0 Å². The normalized spacial score (nSPS) is 19.3. The van der Waals surface area contributed by atoms with Crippen LogP contribution < -0.4 is 14.5 Å². The number of esters is 1. The van der Waals surface area contributed by atoms with Gasteiger partial charge in [0, 0.05) is 11.5 Å². The third kappa shape index (κ3) is 4.69. The van der Waals surface area contributed by atoms with Gasteiger partial charge in [-0.1, -0.05) is 12.2 Å². The summed E-state index contributed by atoms with van der Waals surface area (Å²) in [6.07, 6.45) is 5.59. The summed E-state index contributed by atoms with van der Waals surface area (Å²) in [5.41, 5.74) is 2.79. The Bertz CT molecular complexity index is 1110. The second-order valence-electron chi connectivity index (χ2n) is 8.09. The zero-order chi connectivity index (χ0) is 24.1. The van der Waals surface area contributed by atoms with Crippen LogP contribution in [0.2, 0.25) is 0 Å². The molecule has 0 fully saturated rings. The van der Waals surface area contributed by atoms with E-state index in [2.05, 4.69) is 12.2 Å². The van der Waals surface area contributed by atoms with Gasteiger partial charge in [-0.2, -0.15) is 5.10 Å². The number of nitrogens with zero attached hydrogens (tertiary/aromatic N) is 2. The molecule has 34 heavy (non-hydrogen) atoms. The van der Waals surface area contributed by atoms with Crippen molar-refractivity contribution in [1.82, 2.24) is 0 Å². The van der Waals surface area contributed by atoms with Crippen LogP contribution in [-0.2, 0) is 9.53 Å². The van der Waals surface area contributed by atoms with E-state index in [1.165, 1.54) is 5.01 Å². The maximum atomic E-state index is 13.4. The highest BCUT2D eigenvalue weighted by Crippen LogP contribution is 2.38. The first-order chi connectivity index (χ1) is 16.6. The van der Waals surface area contributed by atoms with Gasteiger partial charge in [0.1, 0.15) is 0 Å². The Morgan fingerprint density at radius 3 is 2.26 bits per heavy atom. The number of hydrogen-bond acceptors (Lipinski definition) is 6. The number of fused-ring (bicyclic) bond motifs is 1. The molecule has 0 N–H and O–H groups in total. The number of allylic oxidation sites excluding steroid dienone is 2. The fourth-order valence-electron chi connectivity index (χ4n) is 4.40. The number of anilines is 1. The molecule has 0 bridgehead atoms. The second-order valence-corrected chi connectivity index (χ2v) is 8.09. The van der Waals surface area contributed by atoms with Crippen molar-refractivity contribution < 1.29 is 23.8 Å². The van der Waals surface area contributed by atoms with Gasteiger partial charge in [0.05, 0.1) is 42.7 Å². The van der Waals surface area contributed by atoms with Gasteiger partial charge >= 0.3 is 5.97 Å². The molecule has 2 unspecified atom stereocenters. The van der Waals surface area contributed by atoms with Crippen molar-refractivity contribution in [1.29, 1.82) is 0 Å². The Labute approximate surface area is 200 Å². The van der Waals surface area contributed by atoms with Crippen LogP contribution in [0.5, 0.6) is 11.5 Å². The molecule has 2 aliphatic rings. The Morgan fingerprint density at radius 1 is 0.912 bits per heavy atom. The number of benzene rings is 2. The van der Waals surface area contributed by atoms with Crippen molar-refractivity contribution >= 4 is 23.3 Å². The SMILES string of the molecule is CCOC(=O)c1ccc(N2N=C(c3ccc(OCC)c(OCC)c3)C3CC=CCC3C2=O)cc1. The van der Waals surface area contributed by atoms with Crippen LogP contribution >= 0.6 is 0 Å². The zero-order valence-corrected chi connectivity index (χ0v) is 19.8. The molecule has 1 heterocycles. The smallest absolute Gasteiger partial charge is 0.338 e. The zero-order valence-electron chi connectivity index (χ0n) is 19.8. The summed E-state index contributed by atoms with van der Waals surface area (Å²) in [5, 5.41) is 6.29. The fourth-order valence-corrected chi connectivity index (χ4v) is 4.40. The molecular weight excluding hydrogens is 432 g/mol. The van der Waals surface area contributed by atoms with Crippen LogP contribution in [-0.4, -0.2) is 37.4 Å². The van der Waals surface area contributed by atoms with Gasteiger partial charge in [-0.3, -0.25) is 4.79 Å². The summed E-state index contributed by atoms with van der Waals surface area (Å²) < 4.78 is 16.6. The van der Waals surface area contributed by atoms with Gasteiger partial charge in [-0.15, -0.1) is 0 Å². The number of carbonyl (C=O) groups excluding carboxylic acids is 2. The average Bonchev–Trinajstić information content (AvgIpc) is 2.86. The molecule has 7 heteroatoms. The number of ether oxygens (including phenoxy) is 3. The largest absolute Gasteiger partial charge is 0.490 e. The van der Waals surface area contributed by atoms with Gasteiger partial charge in [0.15, 0.2) is 11.5 Å². The van der Waals surface area contributed by atoms with Crippen molar-refractivity contribution in [2.45, 2.75) is 33.6 Å². The summed E-state index contributed by atoms with van der Waals surface area (Å²) >= 11 is 0. The molecule has 0 aromatic heterocycles. The lowest BCUT2D eigenvalue weighted by molar-refractivity contribution is -0.123. The Morgan fingerprint density at radius 2 is 1.59 bits per heavy atom. The minimum Gasteiger partial charge on any atom is -0.490 e. The van der Waals surface area contributed by atoms with E-state index in [-0.39, 0.29) is 17.7 Å². The number of hydrazone groups is 1. The molecule has 1 aliphatic carbocycles. The summed E-state index contributed by atoms with van der Waals surface area (Å²) in [4.78, 5) is 25.4. The van der Waals surface area contributed by atoms with Gasteiger partial charge in [-0.25, -0.2) is 9.80 Å². The van der Waals surface area contributed by atoms with Crippen molar-refractivity contribution in [2.24, 2.45) is 16.9 Å². The quantitative estimate of drug-likeness (QED) is 0.408. The van der Waals surface area contributed by atoms with Crippen LogP contribution in [0.4, 0.5) is 5.69 Å². The maximum absolute atomic E-state index is 13.4. The fraction of sp³-hybridized carbons (Fsp3) is 0.370. The summed E-state index contributed by atoms with van der Waals surface area (Å²) in [6.45, 7) is 7.00. The molecule has 2 aromatic carbocycles. The lowest BCUT2D eigenvalue weighted by Crippen LogP contribution is -2.45. The molecule has 0 saturated heterocycles. The summed E-state index contributed by atoms with van der Waals surface area (Å²) in [5.74, 6) is 0.697. The van der Waals surface area contributed by atoms with Crippen LogP contribution in [0.25, 0.3) is 0 Å². The second kappa shape index (κ2) is 10.5. The van der Waals surface area contributed by atoms with Crippen molar-refractivity contribution in [3.05, 3.63) is 65.7 Å². The molecule has 2 atom stereocenters. The Kier molecular flexibility index (Phi) is 7.30. The first-order valence-electron chi connectivity index (χ1n) is 11.8. The number of rotatable bonds is 8. The number of carbonyl (C=O) groups is 2. The van der Waals surface area contributed by atoms with Crippen LogP contribution in [0.15, 0.2) is 59.7 Å². The lowest BCUT2D eigenvalue weighted by Gasteiger charge is -2.37. The summed E-state index contributed by atoms with van der Waals surface area (Å²) in [7, 11) is 0. The van der Waals surface area contributed by atoms with E-state index >= 15 is 0 Å². The van der Waals surface area contributed by atoms with E-state index in [0.29, 0.717) is 49.0 Å². The highest BCUT2D eigenvalue weighted by atomic mass is 16.5. The number of amides is 1. The van der Waals surface area contributed by atoms with E-state index in [4.69, 9.17) is 19.3 Å².